The van der Waals surface area contributed by atoms with Crippen LogP contribution in [-0.4, -0.2) is 26.0 Å². The van der Waals surface area contributed by atoms with E-state index in [0.717, 1.165) is 0 Å². The molecule has 1 amide bonds. The van der Waals surface area contributed by atoms with Crippen molar-refractivity contribution in [1.82, 2.24) is 14.9 Å². The van der Waals surface area contributed by atoms with Gasteiger partial charge in [-0.2, -0.15) is 0 Å². The van der Waals surface area contributed by atoms with Crippen molar-refractivity contribution in [3.8, 4) is 0 Å². The van der Waals surface area contributed by atoms with Gasteiger partial charge >= 0.3 is 0 Å². The Kier molecular flexibility index (Phi) is 4.74. The second-order valence-corrected chi connectivity index (χ2v) is 6.11. The highest BCUT2D eigenvalue weighted by atomic mass is 35.5. The van der Waals surface area contributed by atoms with E-state index in [1.807, 2.05) is 0 Å². The normalized spacial score (nSPS) is 12.2. The summed E-state index contributed by atoms with van der Waals surface area (Å²) in [6, 6.07) is 4.83. The van der Waals surface area contributed by atoms with Crippen molar-refractivity contribution < 1.29 is 4.79 Å². The fraction of sp³-hybridized carbons (Fsp3) is 0.182. The molecule has 0 aliphatic rings. The van der Waals surface area contributed by atoms with E-state index in [9.17, 15) is 4.79 Å². The molecular formula is C11H11Cl2N5OS. The molecule has 3 N–H and O–H groups in total. The van der Waals surface area contributed by atoms with E-state index in [4.69, 9.17) is 29.0 Å². The molecule has 0 saturated heterocycles. The van der Waals surface area contributed by atoms with E-state index in [1.54, 1.807) is 25.1 Å². The van der Waals surface area contributed by atoms with Crippen molar-refractivity contribution in [1.29, 1.82) is 0 Å². The number of nitrogen functional groups attached to an aromatic ring is 1. The molecule has 1 heterocycles. The van der Waals surface area contributed by atoms with Gasteiger partial charge in [0.15, 0.2) is 0 Å². The van der Waals surface area contributed by atoms with Crippen LogP contribution in [0.1, 0.15) is 6.92 Å². The number of benzene rings is 1. The molecule has 0 saturated carbocycles. The molecule has 106 valence electrons. The molecule has 0 fully saturated rings. The van der Waals surface area contributed by atoms with E-state index < -0.39 is 5.25 Å². The van der Waals surface area contributed by atoms with Crippen molar-refractivity contribution in [3.05, 3.63) is 34.6 Å². The van der Waals surface area contributed by atoms with Gasteiger partial charge in [0, 0.05) is 15.7 Å². The minimum absolute atomic E-state index is 0.212. The summed E-state index contributed by atoms with van der Waals surface area (Å²) in [5.41, 5.74) is 0.536. The number of carbonyl (C=O) groups is 1. The van der Waals surface area contributed by atoms with Crippen LogP contribution in [0.4, 0.5) is 5.69 Å². The van der Waals surface area contributed by atoms with Crippen LogP contribution in [0.3, 0.4) is 0 Å². The first-order valence-corrected chi connectivity index (χ1v) is 7.18. The molecule has 0 unspecified atom stereocenters. The summed E-state index contributed by atoms with van der Waals surface area (Å²) in [4.78, 5) is 12.1. The number of hydrogen-bond acceptors (Lipinski definition) is 5. The van der Waals surface area contributed by atoms with Crippen LogP contribution in [-0.2, 0) is 4.79 Å². The zero-order chi connectivity index (χ0) is 14.7. The van der Waals surface area contributed by atoms with Crippen molar-refractivity contribution >= 4 is 46.6 Å². The lowest BCUT2D eigenvalue weighted by molar-refractivity contribution is -0.115. The van der Waals surface area contributed by atoms with Gasteiger partial charge in [-0.05, 0) is 25.1 Å². The number of hydrogen-bond donors (Lipinski definition) is 2. The highest BCUT2D eigenvalue weighted by molar-refractivity contribution is 8.00. The maximum atomic E-state index is 12.1. The summed E-state index contributed by atoms with van der Waals surface area (Å²) in [6.45, 7) is 1.74. The molecule has 6 nitrogen and oxygen atoms in total. The number of nitrogens with zero attached hydrogens (tertiary/aromatic N) is 3. The molecule has 0 aliphatic heterocycles. The minimum Gasteiger partial charge on any atom is -0.336 e. The third-order valence-electron chi connectivity index (χ3n) is 2.32. The van der Waals surface area contributed by atoms with Gasteiger partial charge in [0.2, 0.25) is 11.1 Å². The van der Waals surface area contributed by atoms with E-state index in [-0.39, 0.29) is 5.91 Å². The van der Waals surface area contributed by atoms with Gasteiger partial charge in [-0.3, -0.25) is 4.79 Å². The first kappa shape index (κ1) is 15.0. The number of anilines is 1. The average molecular weight is 332 g/mol. The smallest absolute Gasteiger partial charge is 0.237 e. The fourth-order valence-electron chi connectivity index (χ4n) is 1.40. The van der Waals surface area contributed by atoms with Crippen LogP contribution < -0.4 is 11.2 Å². The molecule has 0 spiro atoms. The number of aromatic nitrogens is 3. The van der Waals surface area contributed by atoms with Crippen LogP contribution in [0, 0.1) is 0 Å². The van der Waals surface area contributed by atoms with Crippen LogP contribution in [0.25, 0.3) is 0 Å². The van der Waals surface area contributed by atoms with Gasteiger partial charge in [0.05, 0.1) is 5.25 Å². The third-order valence-corrected chi connectivity index (χ3v) is 3.83. The van der Waals surface area contributed by atoms with E-state index in [0.29, 0.717) is 20.9 Å². The largest absolute Gasteiger partial charge is 0.336 e. The molecule has 1 aromatic carbocycles. The molecule has 9 heteroatoms. The summed E-state index contributed by atoms with van der Waals surface area (Å²) in [7, 11) is 0. The number of carbonyl (C=O) groups excluding carboxylic acids is 1. The van der Waals surface area contributed by atoms with Crippen LogP contribution in [0.15, 0.2) is 29.7 Å². The number of amides is 1. The Balaban J connectivity index is 2.02. The Labute approximate surface area is 129 Å². The van der Waals surface area contributed by atoms with E-state index >= 15 is 0 Å². The summed E-state index contributed by atoms with van der Waals surface area (Å²) in [6.07, 6.45) is 1.36. The highest BCUT2D eigenvalue weighted by Gasteiger charge is 2.17. The van der Waals surface area contributed by atoms with Crippen molar-refractivity contribution in [2.75, 3.05) is 11.2 Å². The van der Waals surface area contributed by atoms with Crippen LogP contribution >= 0.6 is 35.0 Å². The van der Waals surface area contributed by atoms with E-state index in [2.05, 4.69) is 15.5 Å². The predicted octanol–water partition coefficient (Wildman–Crippen LogP) is 2.42. The standard InChI is InChI=1S/C11H11Cl2N5OS/c1-6(20-11-17-15-5-18(11)14)10(19)16-9-3-7(12)2-8(13)4-9/h2-6H,14H2,1H3,(H,16,19)/t6-/m1/s1. The average Bonchev–Trinajstić information content (AvgIpc) is 2.73. The number of nitrogens with two attached hydrogens (primary N) is 1. The lowest BCUT2D eigenvalue weighted by atomic mass is 10.3. The van der Waals surface area contributed by atoms with Gasteiger partial charge in [-0.25, -0.2) is 4.68 Å². The Morgan fingerprint density at radius 3 is 2.60 bits per heavy atom. The zero-order valence-corrected chi connectivity index (χ0v) is 12.7. The third kappa shape index (κ3) is 3.78. The predicted molar refractivity (Wildman–Crippen MR) is 80.6 cm³/mol. The Hall–Kier alpha value is -1.44. The van der Waals surface area contributed by atoms with Gasteiger partial charge in [0.25, 0.3) is 0 Å². The van der Waals surface area contributed by atoms with Crippen molar-refractivity contribution in [2.45, 2.75) is 17.3 Å². The quantitative estimate of drug-likeness (QED) is 0.663. The number of rotatable bonds is 4. The molecular weight excluding hydrogens is 321 g/mol. The molecule has 20 heavy (non-hydrogen) atoms. The summed E-state index contributed by atoms with van der Waals surface area (Å²) >= 11 is 12.9. The maximum Gasteiger partial charge on any atom is 0.237 e. The summed E-state index contributed by atoms with van der Waals surface area (Å²) in [5.74, 6) is 5.37. The maximum absolute atomic E-state index is 12.1. The molecule has 1 aromatic heterocycles. The van der Waals surface area contributed by atoms with Crippen LogP contribution in [0.5, 0.6) is 0 Å². The van der Waals surface area contributed by atoms with Crippen molar-refractivity contribution in [2.24, 2.45) is 0 Å². The topological polar surface area (TPSA) is 85.8 Å². The van der Waals surface area contributed by atoms with Gasteiger partial charge in [0.1, 0.15) is 6.33 Å². The zero-order valence-electron chi connectivity index (χ0n) is 10.4. The van der Waals surface area contributed by atoms with E-state index in [1.165, 1.54) is 22.8 Å². The second-order valence-electron chi connectivity index (χ2n) is 3.93. The molecule has 0 radical (unpaired) electrons. The Bertz CT molecular complexity index is 613. The second kappa shape index (κ2) is 6.34. The monoisotopic (exact) mass is 331 g/mol. The SMILES string of the molecule is C[C@@H](Sc1nncn1N)C(=O)Nc1cc(Cl)cc(Cl)c1. The van der Waals surface area contributed by atoms with Gasteiger partial charge in [-0.15, -0.1) is 10.2 Å². The summed E-state index contributed by atoms with van der Waals surface area (Å²) < 4.78 is 1.25. The Morgan fingerprint density at radius 1 is 1.40 bits per heavy atom. The number of nitrogens with one attached hydrogen (secondary N) is 1. The number of halogens is 2. The first-order valence-electron chi connectivity index (χ1n) is 5.54. The fourth-order valence-corrected chi connectivity index (χ4v) is 2.67. The molecule has 2 aromatic rings. The van der Waals surface area contributed by atoms with Crippen LogP contribution in [0.2, 0.25) is 10.0 Å². The molecule has 0 aliphatic carbocycles. The Morgan fingerprint density at radius 2 is 2.05 bits per heavy atom. The van der Waals surface area contributed by atoms with Crippen molar-refractivity contribution in [3.63, 3.8) is 0 Å². The first-order chi connectivity index (χ1) is 9.45. The molecule has 2 rings (SSSR count). The lowest BCUT2D eigenvalue weighted by Crippen LogP contribution is -2.23. The number of thioether (sulfide) groups is 1. The molecule has 0 bridgehead atoms. The van der Waals surface area contributed by atoms with Gasteiger partial charge in [-0.1, -0.05) is 35.0 Å². The van der Waals surface area contributed by atoms with Gasteiger partial charge < -0.3 is 11.2 Å². The minimum atomic E-state index is -0.403. The molecule has 1 atom stereocenters. The lowest BCUT2D eigenvalue weighted by Gasteiger charge is -2.11. The highest BCUT2D eigenvalue weighted by Crippen LogP contribution is 2.24. The summed E-state index contributed by atoms with van der Waals surface area (Å²) in [5, 5.41) is 11.1.